The van der Waals surface area contributed by atoms with E-state index in [-0.39, 0.29) is 0 Å². The van der Waals surface area contributed by atoms with Gasteiger partial charge in [0.25, 0.3) is 0 Å². The maximum Gasteiger partial charge on any atom is 0.0953 e. The van der Waals surface area contributed by atoms with Crippen LogP contribution in [0.15, 0.2) is 30.6 Å². The molecule has 0 bridgehead atoms. The summed E-state index contributed by atoms with van der Waals surface area (Å²) in [6.07, 6.45) is 2.94. The predicted molar refractivity (Wildman–Crippen MR) is 75.1 cm³/mol. The monoisotopic (exact) mass is 243 g/mol. The summed E-state index contributed by atoms with van der Waals surface area (Å²) in [5.74, 6) is 0.685. The lowest BCUT2D eigenvalue weighted by Crippen LogP contribution is -2.04. The second-order valence-corrected chi connectivity index (χ2v) is 5.15. The number of rotatable bonds is 4. The SMILES string of the molecule is CC(C)Cc1ccc(-c2ncn(C)c2CN)cc1. The van der Waals surface area contributed by atoms with Crippen molar-refractivity contribution >= 4 is 0 Å². The molecule has 0 saturated carbocycles. The average molecular weight is 243 g/mol. The first-order valence-corrected chi connectivity index (χ1v) is 6.41. The summed E-state index contributed by atoms with van der Waals surface area (Å²) in [5, 5.41) is 0. The van der Waals surface area contributed by atoms with E-state index in [0.717, 1.165) is 23.4 Å². The summed E-state index contributed by atoms with van der Waals surface area (Å²) in [5.41, 5.74) is 10.4. The molecule has 0 aliphatic heterocycles. The summed E-state index contributed by atoms with van der Waals surface area (Å²) in [4.78, 5) is 4.43. The number of nitrogens with two attached hydrogens (primary N) is 1. The molecule has 2 aromatic rings. The van der Waals surface area contributed by atoms with Crippen LogP contribution < -0.4 is 5.73 Å². The number of hydrogen-bond acceptors (Lipinski definition) is 2. The van der Waals surface area contributed by atoms with Gasteiger partial charge in [-0.25, -0.2) is 4.98 Å². The maximum atomic E-state index is 5.77. The van der Waals surface area contributed by atoms with Crippen LogP contribution in [0.3, 0.4) is 0 Å². The first-order valence-electron chi connectivity index (χ1n) is 6.41. The smallest absolute Gasteiger partial charge is 0.0953 e. The number of hydrogen-bond donors (Lipinski definition) is 1. The van der Waals surface area contributed by atoms with E-state index in [1.807, 2.05) is 17.9 Å². The van der Waals surface area contributed by atoms with Gasteiger partial charge in [0.15, 0.2) is 0 Å². The molecular weight excluding hydrogens is 222 g/mol. The molecule has 1 aromatic heterocycles. The quantitative estimate of drug-likeness (QED) is 0.897. The van der Waals surface area contributed by atoms with Crippen LogP contribution in [-0.4, -0.2) is 9.55 Å². The van der Waals surface area contributed by atoms with E-state index in [9.17, 15) is 0 Å². The summed E-state index contributed by atoms with van der Waals surface area (Å²) >= 11 is 0. The number of aromatic nitrogens is 2. The Labute approximate surface area is 109 Å². The van der Waals surface area contributed by atoms with Crippen LogP contribution in [0.2, 0.25) is 0 Å². The zero-order valence-electron chi connectivity index (χ0n) is 11.4. The molecule has 0 saturated heterocycles. The fraction of sp³-hybridized carbons (Fsp3) is 0.400. The molecule has 0 aliphatic rings. The van der Waals surface area contributed by atoms with E-state index < -0.39 is 0 Å². The van der Waals surface area contributed by atoms with Crippen LogP contribution in [0.4, 0.5) is 0 Å². The Hall–Kier alpha value is -1.61. The van der Waals surface area contributed by atoms with Gasteiger partial charge in [-0.1, -0.05) is 38.1 Å². The first kappa shape index (κ1) is 12.8. The van der Waals surface area contributed by atoms with E-state index in [1.54, 1.807) is 0 Å². The lowest BCUT2D eigenvalue weighted by atomic mass is 10.0. The Balaban J connectivity index is 2.28. The molecule has 2 rings (SSSR count). The molecule has 3 nitrogen and oxygen atoms in total. The molecule has 18 heavy (non-hydrogen) atoms. The summed E-state index contributed by atoms with van der Waals surface area (Å²) in [7, 11) is 1.98. The molecule has 96 valence electrons. The largest absolute Gasteiger partial charge is 0.336 e. The molecule has 1 heterocycles. The van der Waals surface area contributed by atoms with Crippen LogP contribution in [0, 0.1) is 5.92 Å². The van der Waals surface area contributed by atoms with Crippen molar-refractivity contribution in [2.45, 2.75) is 26.8 Å². The highest BCUT2D eigenvalue weighted by Gasteiger charge is 2.09. The van der Waals surface area contributed by atoms with Crippen molar-refractivity contribution in [3.63, 3.8) is 0 Å². The number of benzene rings is 1. The van der Waals surface area contributed by atoms with Crippen molar-refractivity contribution in [1.29, 1.82) is 0 Å². The van der Waals surface area contributed by atoms with Crippen LogP contribution in [0.5, 0.6) is 0 Å². The highest BCUT2D eigenvalue weighted by molar-refractivity contribution is 5.62. The molecule has 0 aliphatic carbocycles. The fourth-order valence-electron chi connectivity index (χ4n) is 2.21. The third-order valence-corrected chi connectivity index (χ3v) is 3.12. The van der Waals surface area contributed by atoms with Gasteiger partial charge in [-0.3, -0.25) is 0 Å². The molecule has 1 aromatic carbocycles. The summed E-state index contributed by atoms with van der Waals surface area (Å²) in [6.45, 7) is 4.98. The van der Waals surface area contributed by atoms with Crippen molar-refractivity contribution in [1.82, 2.24) is 9.55 Å². The highest BCUT2D eigenvalue weighted by Crippen LogP contribution is 2.22. The number of aryl methyl sites for hydroxylation is 1. The Morgan fingerprint density at radius 1 is 1.22 bits per heavy atom. The molecule has 2 N–H and O–H groups in total. The van der Waals surface area contributed by atoms with Gasteiger partial charge in [-0.2, -0.15) is 0 Å². The Kier molecular flexibility index (Phi) is 3.82. The van der Waals surface area contributed by atoms with E-state index in [0.29, 0.717) is 12.5 Å². The normalized spacial score (nSPS) is 11.2. The second-order valence-electron chi connectivity index (χ2n) is 5.15. The zero-order chi connectivity index (χ0) is 13.1. The van der Waals surface area contributed by atoms with Gasteiger partial charge in [0, 0.05) is 19.2 Å². The van der Waals surface area contributed by atoms with Crippen molar-refractivity contribution in [3.8, 4) is 11.3 Å². The Morgan fingerprint density at radius 2 is 1.89 bits per heavy atom. The molecular formula is C15H21N3. The van der Waals surface area contributed by atoms with Crippen LogP contribution >= 0.6 is 0 Å². The molecule has 0 radical (unpaired) electrons. The van der Waals surface area contributed by atoms with Crippen LogP contribution in [0.25, 0.3) is 11.3 Å². The van der Waals surface area contributed by atoms with E-state index in [2.05, 4.69) is 43.1 Å². The van der Waals surface area contributed by atoms with Crippen molar-refractivity contribution in [2.24, 2.45) is 18.7 Å². The van der Waals surface area contributed by atoms with E-state index >= 15 is 0 Å². The third kappa shape index (κ3) is 2.62. The highest BCUT2D eigenvalue weighted by atomic mass is 15.0. The van der Waals surface area contributed by atoms with Gasteiger partial charge in [-0.05, 0) is 17.9 Å². The van der Waals surface area contributed by atoms with Gasteiger partial charge in [0.1, 0.15) is 0 Å². The molecule has 0 fully saturated rings. The standard InChI is InChI=1S/C15H21N3/c1-11(2)8-12-4-6-13(7-5-12)15-14(9-16)18(3)10-17-15/h4-7,10-11H,8-9,16H2,1-3H3. The predicted octanol–water partition coefficient (Wildman–Crippen LogP) is 2.74. The topological polar surface area (TPSA) is 43.8 Å². The van der Waals surface area contributed by atoms with Crippen LogP contribution in [-0.2, 0) is 20.0 Å². The third-order valence-electron chi connectivity index (χ3n) is 3.12. The Bertz CT molecular complexity index is 509. The molecule has 0 amide bonds. The van der Waals surface area contributed by atoms with E-state index in [1.165, 1.54) is 5.56 Å². The number of imidazole rings is 1. The van der Waals surface area contributed by atoms with Crippen molar-refractivity contribution in [2.75, 3.05) is 0 Å². The van der Waals surface area contributed by atoms with Gasteiger partial charge in [0.05, 0.1) is 17.7 Å². The van der Waals surface area contributed by atoms with Crippen molar-refractivity contribution < 1.29 is 0 Å². The zero-order valence-corrected chi connectivity index (χ0v) is 11.4. The van der Waals surface area contributed by atoms with Gasteiger partial charge >= 0.3 is 0 Å². The minimum atomic E-state index is 0.513. The lowest BCUT2D eigenvalue weighted by Gasteiger charge is -2.07. The minimum Gasteiger partial charge on any atom is -0.336 e. The van der Waals surface area contributed by atoms with Gasteiger partial charge in [-0.15, -0.1) is 0 Å². The second kappa shape index (κ2) is 5.36. The summed E-state index contributed by atoms with van der Waals surface area (Å²) < 4.78 is 1.98. The van der Waals surface area contributed by atoms with Gasteiger partial charge < -0.3 is 10.3 Å². The lowest BCUT2D eigenvalue weighted by molar-refractivity contribution is 0.647. The summed E-state index contributed by atoms with van der Waals surface area (Å²) in [6, 6.07) is 8.65. The van der Waals surface area contributed by atoms with Crippen molar-refractivity contribution in [3.05, 3.63) is 41.9 Å². The van der Waals surface area contributed by atoms with E-state index in [4.69, 9.17) is 5.73 Å². The minimum absolute atomic E-state index is 0.513. The Morgan fingerprint density at radius 3 is 2.44 bits per heavy atom. The van der Waals surface area contributed by atoms with Gasteiger partial charge in [0.2, 0.25) is 0 Å². The number of nitrogens with zero attached hydrogens (tertiary/aromatic N) is 2. The first-order chi connectivity index (χ1) is 8.61. The molecule has 0 atom stereocenters. The molecule has 0 unspecified atom stereocenters. The molecule has 3 heteroatoms. The maximum absolute atomic E-state index is 5.77. The van der Waals surface area contributed by atoms with Crippen LogP contribution in [0.1, 0.15) is 25.1 Å². The average Bonchev–Trinajstić information content (AvgIpc) is 2.70. The molecule has 0 spiro atoms. The fourth-order valence-corrected chi connectivity index (χ4v) is 2.21.